The lowest BCUT2D eigenvalue weighted by molar-refractivity contribution is -0.128. The SMILES string of the molecule is CC.CCCC(C)CC(N)C(=O)C(C)(C)C. The largest absolute Gasteiger partial charge is 0.321 e. The Morgan fingerprint density at radius 1 is 1.25 bits per heavy atom. The fourth-order valence-corrected chi connectivity index (χ4v) is 1.71. The monoisotopic (exact) mass is 229 g/mol. The lowest BCUT2D eigenvalue weighted by Crippen LogP contribution is -2.39. The van der Waals surface area contributed by atoms with Crippen molar-refractivity contribution in [3.8, 4) is 0 Å². The van der Waals surface area contributed by atoms with Crippen molar-refractivity contribution < 1.29 is 4.79 Å². The van der Waals surface area contributed by atoms with Crippen LogP contribution in [-0.2, 0) is 4.79 Å². The van der Waals surface area contributed by atoms with E-state index in [-0.39, 0.29) is 17.2 Å². The first-order valence-corrected chi connectivity index (χ1v) is 6.59. The van der Waals surface area contributed by atoms with Crippen molar-refractivity contribution in [2.75, 3.05) is 0 Å². The van der Waals surface area contributed by atoms with Crippen LogP contribution in [-0.4, -0.2) is 11.8 Å². The summed E-state index contributed by atoms with van der Waals surface area (Å²) in [7, 11) is 0. The molecule has 0 radical (unpaired) electrons. The minimum absolute atomic E-state index is 0.181. The Balaban J connectivity index is 0. The summed E-state index contributed by atoms with van der Waals surface area (Å²) in [5, 5.41) is 0. The van der Waals surface area contributed by atoms with Crippen molar-refractivity contribution in [2.24, 2.45) is 17.1 Å². The highest BCUT2D eigenvalue weighted by molar-refractivity contribution is 5.88. The average molecular weight is 229 g/mol. The molecule has 0 spiro atoms. The molecule has 0 saturated heterocycles. The number of carbonyl (C=O) groups excluding carboxylic acids is 1. The van der Waals surface area contributed by atoms with Crippen LogP contribution in [0.25, 0.3) is 0 Å². The van der Waals surface area contributed by atoms with Gasteiger partial charge in [0.05, 0.1) is 6.04 Å². The van der Waals surface area contributed by atoms with Gasteiger partial charge in [0.2, 0.25) is 0 Å². The molecular formula is C14H31NO. The van der Waals surface area contributed by atoms with E-state index in [0.29, 0.717) is 5.92 Å². The summed E-state index contributed by atoms with van der Waals surface area (Å²) in [4.78, 5) is 11.8. The van der Waals surface area contributed by atoms with E-state index in [1.807, 2.05) is 34.6 Å². The van der Waals surface area contributed by atoms with Gasteiger partial charge in [-0.1, -0.05) is 61.3 Å². The predicted octanol–water partition coefficient (Wildman–Crippen LogP) is 3.78. The van der Waals surface area contributed by atoms with Gasteiger partial charge in [0.15, 0.2) is 5.78 Å². The molecule has 16 heavy (non-hydrogen) atoms. The molecule has 0 amide bonds. The van der Waals surface area contributed by atoms with Crippen LogP contribution in [0, 0.1) is 11.3 Å². The molecule has 98 valence electrons. The van der Waals surface area contributed by atoms with Gasteiger partial charge in [-0.3, -0.25) is 4.79 Å². The van der Waals surface area contributed by atoms with E-state index in [9.17, 15) is 4.79 Å². The van der Waals surface area contributed by atoms with Crippen LogP contribution in [0.2, 0.25) is 0 Å². The summed E-state index contributed by atoms with van der Waals surface area (Å²) in [6, 6.07) is -0.281. The molecule has 2 heteroatoms. The topological polar surface area (TPSA) is 43.1 Å². The molecule has 0 aromatic rings. The molecule has 2 unspecified atom stereocenters. The van der Waals surface area contributed by atoms with E-state index in [1.165, 1.54) is 0 Å². The predicted molar refractivity (Wildman–Crippen MR) is 72.5 cm³/mol. The van der Waals surface area contributed by atoms with E-state index in [1.54, 1.807) is 0 Å². The second-order valence-corrected chi connectivity index (χ2v) is 5.35. The minimum Gasteiger partial charge on any atom is -0.321 e. The number of carbonyl (C=O) groups is 1. The van der Waals surface area contributed by atoms with E-state index < -0.39 is 0 Å². The maximum absolute atomic E-state index is 11.8. The molecule has 0 heterocycles. The molecule has 0 aliphatic rings. The molecule has 0 aromatic heterocycles. The number of hydrogen-bond donors (Lipinski definition) is 1. The van der Waals surface area contributed by atoms with E-state index in [0.717, 1.165) is 19.3 Å². The third-order valence-corrected chi connectivity index (χ3v) is 2.51. The summed E-state index contributed by atoms with van der Waals surface area (Å²) in [6.07, 6.45) is 3.15. The number of nitrogens with two attached hydrogens (primary N) is 1. The van der Waals surface area contributed by atoms with E-state index >= 15 is 0 Å². The normalized spacial score (nSPS) is 14.8. The highest BCUT2D eigenvalue weighted by Crippen LogP contribution is 2.20. The molecule has 0 aromatic carbocycles. The van der Waals surface area contributed by atoms with E-state index in [4.69, 9.17) is 5.73 Å². The minimum atomic E-state index is -0.300. The van der Waals surface area contributed by atoms with Crippen LogP contribution in [0.3, 0.4) is 0 Å². The van der Waals surface area contributed by atoms with Gasteiger partial charge in [0.1, 0.15) is 0 Å². The summed E-state index contributed by atoms with van der Waals surface area (Å²) >= 11 is 0. The van der Waals surface area contributed by atoms with E-state index in [2.05, 4.69) is 13.8 Å². The molecule has 0 fully saturated rings. The molecule has 2 nitrogen and oxygen atoms in total. The van der Waals surface area contributed by atoms with Gasteiger partial charge < -0.3 is 5.73 Å². The third kappa shape index (κ3) is 7.86. The standard InChI is InChI=1S/C12H25NO.C2H6/c1-6-7-9(2)8-10(13)11(14)12(3,4)5;1-2/h9-10H,6-8,13H2,1-5H3;1-2H3. The van der Waals surface area contributed by atoms with Gasteiger partial charge in [-0.2, -0.15) is 0 Å². The second-order valence-electron chi connectivity index (χ2n) is 5.35. The van der Waals surface area contributed by atoms with Crippen LogP contribution >= 0.6 is 0 Å². The van der Waals surface area contributed by atoms with Crippen molar-refractivity contribution in [3.05, 3.63) is 0 Å². The number of Topliss-reactive ketones (excluding diaryl/α,β-unsaturated/α-hetero) is 1. The van der Waals surface area contributed by atoms with Crippen molar-refractivity contribution in [1.82, 2.24) is 0 Å². The number of ketones is 1. The molecule has 0 saturated carbocycles. The summed E-state index contributed by atoms with van der Waals surface area (Å²) in [5.74, 6) is 0.738. The molecule has 0 rings (SSSR count). The Morgan fingerprint density at radius 3 is 2.00 bits per heavy atom. The van der Waals surface area contributed by atoms with Crippen molar-refractivity contribution >= 4 is 5.78 Å². The molecule has 2 N–H and O–H groups in total. The zero-order valence-electron chi connectivity index (χ0n) is 12.3. The second kappa shape index (κ2) is 8.74. The number of rotatable bonds is 5. The van der Waals surface area contributed by atoms with Crippen molar-refractivity contribution in [1.29, 1.82) is 0 Å². The number of hydrogen-bond acceptors (Lipinski definition) is 2. The molecular weight excluding hydrogens is 198 g/mol. The van der Waals surface area contributed by atoms with Crippen LogP contribution < -0.4 is 5.73 Å². The van der Waals surface area contributed by atoms with Gasteiger partial charge in [0, 0.05) is 5.41 Å². The molecule has 0 bridgehead atoms. The Labute approximate surface area is 102 Å². The van der Waals surface area contributed by atoms with Crippen molar-refractivity contribution in [3.63, 3.8) is 0 Å². The van der Waals surface area contributed by atoms with Crippen molar-refractivity contribution in [2.45, 2.75) is 73.8 Å². The fourth-order valence-electron chi connectivity index (χ4n) is 1.71. The quantitative estimate of drug-likeness (QED) is 0.779. The van der Waals surface area contributed by atoms with Crippen LogP contribution in [0.4, 0.5) is 0 Å². The first-order valence-electron chi connectivity index (χ1n) is 6.59. The Bertz CT molecular complexity index is 182. The van der Waals surface area contributed by atoms with Crippen LogP contribution in [0.5, 0.6) is 0 Å². The molecule has 2 atom stereocenters. The average Bonchev–Trinajstić information content (AvgIpc) is 2.18. The zero-order chi connectivity index (χ0) is 13.4. The Morgan fingerprint density at radius 2 is 1.69 bits per heavy atom. The fraction of sp³-hybridized carbons (Fsp3) is 0.929. The summed E-state index contributed by atoms with van der Waals surface area (Å²) in [6.45, 7) is 14.1. The zero-order valence-corrected chi connectivity index (χ0v) is 12.3. The Hall–Kier alpha value is -0.370. The van der Waals surface area contributed by atoms with Gasteiger partial charge in [-0.25, -0.2) is 0 Å². The van der Waals surface area contributed by atoms with Crippen LogP contribution in [0.1, 0.15) is 67.7 Å². The highest BCUT2D eigenvalue weighted by atomic mass is 16.1. The smallest absolute Gasteiger partial charge is 0.154 e. The molecule has 0 aliphatic heterocycles. The maximum atomic E-state index is 11.8. The molecule has 0 aliphatic carbocycles. The Kier molecular flexibility index (Phi) is 9.84. The van der Waals surface area contributed by atoms with Gasteiger partial charge >= 0.3 is 0 Å². The lowest BCUT2D eigenvalue weighted by Gasteiger charge is -2.23. The van der Waals surface area contributed by atoms with Crippen LogP contribution in [0.15, 0.2) is 0 Å². The van der Waals surface area contributed by atoms with Gasteiger partial charge in [0.25, 0.3) is 0 Å². The van der Waals surface area contributed by atoms with Gasteiger partial charge in [-0.05, 0) is 12.3 Å². The lowest BCUT2D eigenvalue weighted by atomic mass is 9.83. The summed E-state index contributed by atoms with van der Waals surface area (Å²) in [5.41, 5.74) is 5.58. The first-order chi connectivity index (χ1) is 7.29. The van der Waals surface area contributed by atoms with Gasteiger partial charge in [-0.15, -0.1) is 0 Å². The summed E-state index contributed by atoms with van der Waals surface area (Å²) < 4.78 is 0. The third-order valence-electron chi connectivity index (χ3n) is 2.51. The highest BCUT2D eigenvalue weighted by Gasteiger charge is 2.27. The first kappa shape index (κ1) is 18.0. The maximum Gasteiger partial charge on any atom is 0.154 e.